The minimum atomic E-state index is -1.73. The van der Waals surface area contributed by atoms with E-state index in [-0.39, 0.29) is 40.8 Å². The van der Waals surface area contributed by atoms with E-state index in [0.717, 1.165) is 51.4 Å². The van der Waals surface area contributed by atoms with Crippen molar-refractivity contribution in [2.45, 2.75) is 171 Å². The summed E-state index contributed by atoms with van der Waals surface area (Å²) < 4.78 is 37.3. The molecule has 8 rings (SSSR count). The fourth-order valence-corrected chi connectivity index (χ4v) is 13.2. The number of fused-ring (bicyclic) bond motifs is 7. The molecule has 0 aromatic carbocycles. The summed E-state index contributed by atoms with van der Waals surface area (Å²) in [5.41, 5.74) is 0.0217. The van der Waals surface area contributed by atoms with Gasteiger partial charge in [-0.1, -0.05) is 27.7 Å². The zero-order chi connectivity index (χ0) is 37.8. The molecule has 4 heterocycles. The molecule has 4 aliphatic heterocycles. The first-order valence-electron chi connectivity index (χ1n) is 20.4. The molecule has 14 heteroatoms. The van der Waals surface area contributed by atoms with Crippen molar-refractivity contribution in [3.8, 4) is 0 Å². The predicted octanol–water partition coefficient (Wildman–Crippen LogP) is 0.413. The Morgan fingerprint density at radius 2 is 1.34 bits per heavy atom. The summed E-state index contributed by atoms with van der Waals surface area (Å²) >= 11 is 0. The van der Waals surface area contributed by atoms with Crippen molar-refractivity contribution in [2.24, 2.45) is 52.3 Å². The van der Waals surface area contributed by atoms with Crippen molar-refractivity contribution in [2.75, 3.05) is 19.8 Å². The highest BCUT2D eigenvalue weighted by molar-refractivity contribution is 5.18. The number of hydrogen-bond acceptors (Lipinski definition) is 14. The van der Waals surface area contributed by atoms with Crippen molar-refractivity contribution in [1.82, 2.24) is 0 Å². The van der Waals surface area contributed by atoms with Crippen molar-refractivity contribution in [1.29, 1.82) is 0 Å². The lowest BCUT2D eigenvalue weighted by molar-refractivity contribution is -0.373. The van der Waals surface area contributed by atoms with E-state index in [1.54, 1.807) is 0 Å². The van der Waals surface area contributed by atoms with Crippen molar-refractivity contribution in [3.05, 3.63) is 0 Å². The smallest absolute Gasteiger partial charge is 0.187 e. The van der Waals surface area contributed by atoms with Crippen LogP contribution in [0.4, 0.5) is 0 Å². The molecule has 8 aliphatic rings. The molecule has 0 unspecified atom stereocenters. The lowest BCUT2D eigenvalue weighted by Gasteiger charge is -2.61. The fourth-order valence-electron chi connectivity index (χ4n) is 13.2. The average Bonchev–Trinajstić information content (AvgIpc) is 3.55. The molecular weight excluding hydrogens is 692 g/mol. The van der Waals surface area contributed by atoms with Gasteiger partial charge < -0.3 is 69.3 Å². The molecular formula is C39H64O14. The number of aliphatic hydroxyl groups excluding tert-OH is 8. The molecule has 0 amide bonds. The Bertz CT molecular complexity index is 1300. The van der Waals surface area contributed by atoms with Crippen LogP contribution in [0.3, 0.4) is 0 Å². The Labute approximate surface area is 312 Å². The van der Waals surface area contributed by atoms with Gasteiger partial charge in [0.15, 0.2) is 18.4 Å². The van der Waals surface area contributed by atoms with Crippen LogP contribution < -0.4 is 0 Å². The zero-order valence-electron chi connectivity index (χ0n) is 31.6. The van der Waals surface area contributed by atoms with E-state index in [9.17, 15) is 40.9 Å². The maximum absolute atomic E-state index is 12.1. The molecule has 0 aromatic heterocycles. The van der Waals surface area contributed by atoms with Gasteiger partial charge in [0.2, 0.25) is 0 Å². The lowest BCUT2D eigenvalue weighted by atomic mass is 9.44. The normalized spacial score (nSPS) is 59.5. The first-order chi connectivity index (χ1) is 25.2. The monoisotopic (exact) mass is 756 g/mol. The molecule has 304 valence electrons. The Kier molecular flexibility index (Phi) is 10.6. The maximum atomic E-state index is 12.1. The lowest BCUT2D eigenvalue weighted by Crippen LogP contribution is -2.65. The van der Waals surface area contributed by atoms with E-state index in [1.807, 2.05) is 0 Å². The van der Waals surface area contributed by atoms with Gasteiger partial charge >= 0.3 is 0 Å². The third kappa shape index (κ3) is 6.11. The van der Waals surface area contributed by atoms with Crippen LogP contribution in [0.25, 0.3) is 0 Å². The summed E-state index contributed by atoms with van der Waals surface area (Å²) in [7, 11) is 0. The predicted molar refractivity (Wildman–Crippen MR) is 184 cm³/mol. The molecule has 0 radical (unpaired) electrons. The van der Waals surface area contributed by atoms with Gasteiger partial charge in [0.25, 0.3) is 0 Å². The van der Waals surface area contributed by atoms with Crippen LogP contribution in [-0.2, 0) is 28.4 Å². The van der Waals surface area contributed by atoms with E-state index in [1.165, 1.54) is 0 Å². The Morgan fingerprint density at radius 3 is 2.02 bits per heavy atom. The second-order valence-corrected chi connectivity index (χ2v) is 18.8. The Morgan fingerprint density at radius 1 is 0.660 bits per heavy atom. The summed E-state index contributed by atoms with van der Waals surface area (Å²) in [5, 5.41) is 84.8. The van der Waals surface area contributed by atoms with Crippen LogP contribution in [0.15, 0.2) is 0 Å². The van der Waals surface area contributed by atoms with E-state index in [0.29, 0.717) is 36.7 Å². The standard InChI is InChI=1S/C39H64O14/c1-17-7-12-39(48-16-17)18(2)25-33(53-39)29(44)26-21-6-5-19-13-20(8-10-37(19,3)22(21)9-11-38(25,26)4)49-36-34(31(46)28(43)24(15-41)51-36)52-35-32(47)30(45)27(42)23(14-40)50-35/h17-36,40-47H,5-16H2,1-4H3/t17-,18-,19+,20+,21+,22-,23+,24+,25-,26+,27+,28-,29+,30-,31-,32+,33+,34+,35-,36+,37-,38+,39+/m0/s1. The van der Waals surface area contributed by atoms with Gasteiger partial charge in [-0.3, -0.25) is 0 Å². The van der Waals surface area contributed by atoms with Gasteiger partial charge in [0.1, 0.15) is 48.8 Å². The van der Waals surface area contributed by atoms with Gasteiger partial charge in [0.05, 0.1) is 38.1 Å². The van der Waals surface area contributed by atoms with Crippen LogP contribution in [0.2, 0.25) is 0 Å². The highest BCUT2D eigenvalue weighted by Gasteiger charge is 2.72. The number of hydrogen-bond donors (Lipinski definition) is 8. The largest absolute Gasteiger partial charge is 0.394 e. The quantitative estimate of drug-likeness (QED) is 0.173. The fraction of sp³-hybridized carbons (Fsp3) is 1.00. The van der Waals surface area contributed by atoms with Gasteiger partial charge in [-0.2, -0.15) is 0 Å². The SMILES string of the molecule is C[C@H]1CC[C@@]2(OC1)O[C@H]1[C@H](O)[C@H]3[C@@H]4CC[C@@H]5C[C@H](O[C@@H]6O[C@H](CO)[C@H](O)[C@H](O)[C@H]6O[C@@H]6O[C@H](CO)[C@@H](O)[C@H](O)[C@H]6O)CC[C@]5(C)[C@H]4CC[C@]3(C)[C@H]1[C@@H]2C. The van der Waals surface area contributed by atoms with E-state index in [2.05, 4.69) is 27.7 Å². The maximum Gasteiger partial charge on any atom is 0.187 e. The minimum Gasteiger partial charge on any atom is -0.394 e. The van der Waals surface area contributed by atoms with E-state index < -0.39 is 86.5 Å². The summed E-state index contributed by atoms with van der Waals surface area (Å²) in [6.45, 7) is 8.83. The third-order valence-electron chi connectivity index (χ3n) is 16.2. The molecule has 8 fully saturated rings. The molecule has 1 spiro atoms. The summed E-state index contributed by atoms with van der Waals surface area (Å²) in [6.07, 6.45) is -7.30. The Balaban J connectivity index is 0.956. The van der Waals surface area contributed by atoms with Crippen LogP contribution in [0, 0.1) is 52.3 Å². The van der Waals surface area contributed by atoms with Crippen LogP contribution in [-0.4, -0.2) is 146 Å². The van der Waals surface area contributed by atoms with Gasteiger partial charge in [0, 0.05) is 18.3 Å². The third-order valence-corrected chi connectivity index (χ3v) is 16.2. The molecule has 53 heavy (non-hydrogen) atoms. The molecule has 0 bridgehead atoms. The minimum absolute atomic E-state index is 0.0208. The van der Waals surface area contributed by atoms with Crippen molar-refractivity contribution < 1.29 is 69.3 Å². The van der Waals surface area contributed by atoms with Crippen LogP contribution in [0.1, 0.15) is 85.5 Å². The molecule has 0 aromatic rings. The summed E-state index contributed by atoms with van der Waals surface area (Å²) in [5.74, 6) is 1.79. The van der Waals surface area contributed by atoms with Crippen molar-refractivity contribution >= 4 is 0 Å². The van der Waals surface area contributed by atoms with Crippen LogP contribution in [0.5, 0.6) is 0 Å². The second-order valence-electron chi connectivity index (χ2n) is 18.8. The molecule has 4 aliphatic carbocycles. The molecule has 8 N–H and O–H groups in total. The summed E-state index contributed by atoms with van der Waals surface area (Å²) in [4.78, 5) is 0. The first-order valence-corrected chi connectivity index (χ1v) is 20.4. The van der Waals surface area contributed by atoms with E-state index >= 15 is 0 Å². The molecule has 23 atom stereocenters. The molecule has 14 nitrogen and oxygen atoms in total. The van der Waals surface area contributed by atoms with Gasteiger partial charge in [-0.25, -0.2) is 0 Å². The topological polar surface area (TPSA) is 217 Å². The van der Waals surface area contributed by atoms with Gasteiger partial charge in [-0.15, -0.1) is 0 Å². The number of rotatable bonds is 6. The second kappa shape index (κ2) is 14.4. The van der Waals surface area contributed by atoms with E-state index in [4.69, 9.17) is 28.4 Å². The average molecular weight is 757 g/mol. The number of ether oxygens (including phenoxy) is 6. The molecule has 4 saturated heterocycles. The highest BCUT2D eigenvalue weighted by Crippen LogP contribution is 2.71. The number of aliphatic hydroxyl groups is 8. The Hall–Kier alpha value is -0.560. The zero-order valence-corrected chi connectivity index (χ0v) is 31.6. The molecule has 4 saturated carbocycles. The van der Waals surface area contributed by atoms with Crippen molar-refractivity contribution in [3.63, 3.8) is 0 Å². The first kappa shape index (κ1) is 39.3. The van der Waals surface area contributed by atoms with Gasteiger partial charge in [-0.05, 0) is 91.8 Å². The highest BCUT2D eigenvalue weighted by atomic mass is 16.8. The summed E-state index contributed by atoms with van der Waals surface area (Å²) in [6, 6.07) is 0. The van der Waals surface area contributed by atoms with Crippen LogP contribution >= 0.6 is 0 Å².